The molecular weight excluding hydrogens is 255 g/mol. The zero-order valence-electron chi connectivity index (χ0n) is 11.8. The summed E-state index contributed by atoms with van der Waals surface area (Å²) in [5, 5.41) is 9.44. The van der Waals surface area contributed by atoms with Gasteiger partial charge in [-0.15, -0.1) is 0 Å². The first-order valence-electron chi connectivity index (χ1n) is 6.66. The van der Waals surface area contributed by atoms with Crippen LogP contribution in [0.15, 0.2) is 42.6 Å². The molecule has 0 bridgehead atoms. The number of rotatable bonds is 5. The van der Waals surface area contributed by atoms with Crippen LogP contribution < -0.4 is 4.90 Å². The second kappa shape index (κ2) is 6.48. The minimum Gasteiger partial charge on any atom is -0.389 e. The molecule has 0 saturated heterocycles. The van der Waals surface area contributed by atoms with E-state index >= 15 is 0 Å². The molecule has 0 radical (unpaired) electrons. The van der Waals surface area contributed by atoms with Crippen LogP contribution in [0, 0.1) is 5.82 Å². The van der Waals surface area contributed by atoms with E-state index < -0.39 is 6.10 Å². The highest BCUT2D eigenvalue weighted by molar-refractivity contribution is 5.48. The third-order valence-electron chi connectivity index (χ3n) is 3.29. The molecule has 1 N–H and O–H groups in total. The van der Waals surface area contributed by atoms with Crippen molar-refractivity contribution in [3.63, 3.8) is 0 Å². The molecule has 20 heavy (non-hydrogen) atoms. The van der Waals surface area contributed by atoms with Crippen LogP contribution in [0.4, 0.5) is 10.1 Å². The Morgan fingerprint density at radius 2 is 2.10 bits per heavy atom. The molecule has 3 nitrogen and oxygen atoms in total. The number of anilines is 1. The first kappa shape index (κ1) is 14.5. The molecule has 1 aromatic heterocycles. The van der Waals surface area contributed by atoms with E-state index in [0.29, 0.717) is 17.8 Å². The molecule has 1 heterocycles. The van der Waals surface area contributed by atoms with Gasteiger partial charge in [-0.25, -0.2) is 4.39 Å². The zero-order chi connectivity index (χ0) is 14.5. The molecule has 0 saturated carbocycles. The predicted octanol–water partition coefficient (Wildman–Crippen LogP) is 2.95. The fourth-order valence-electron chi connectivity index (χ4n) is 2.04. The van der Waals surface area contributed by atoms with Crippen molar-refractivity contribution in [3.8, 4) is 0 Å². The molecule has 0 aliphatic heterocycles. The number of hydrogen-bond acceptors (Lipinski definition) is 3. The number of nitrogens with zero attached hydrogens (tertiary/aromatic N) is 2. The number of pyridine rings is 1. The van der Waals surface area contributed by atoms with Gasteiger partial charge in [-0.2, -0.15) is 0 Å². The van der Waals surface area contributed by atoms with Gasteiger partial charge in [-0.1, -0.05) is 12.1 Å². The summed E-state index contributed by atoms with van der Waals surface area (Å²) >= 11 is 0. The lowest BCUT2D eigenvalue weighted by Gasteiger charge is -2.20. The largest absolute Gasteiger partial charge is 0.389 e. The van der Waals surface area contributed by atoms with Gasteiger partial charge in [0.15, 0.2) is 0 Å². The fraction of sp³-hybridized carbons (Fsp3) is 0.312. The molecule has 1 unspecified atom stereocenters. The Bertz CT molecular complexity index is 558. The Kier molecular flexibility index (Phi) is 4.69. The number of aromatic nitrogens is 1. The van der Waals surface area contributed by atoms with Crippen LogP contribution in [0.2, 0.25) is 0 Å². The summed E-state index contributed by atoms with van der Waals surface area (Å²) < 4.78 is 14.0. The third-order valence-corrected chi connectivity index (χ3v) is 3.29. The molecule has 1 aromatic carbocycles. The van der Waals surface area contributed by atoms with Crippen molar-refractivity contribution in [2.75, 3.05) is 18.5 Å². The van der Waals surface area contributed by atoms with Gasteiger partial charge in [0.2, 0.25) is 0 Å². The number of halogens is 1. The van der Waals surface area contributed by atoms with Crippen molar-refractivity contribution in [2.24, 2.45) is 0 Å². The van der Waals surface area contributed by atoms with Crippen LogP contribution in [0.5, 0.6) is 0 Å². The van der Waals surface area contributed by atoms with E-state index in [1.807, 2.05) is 30.1 Å². The number of aliphatic hydroxyl groups is 1. The lowest BCUT2D eigenvalue weighted by atomic mass is 10.1. The number of aliphatic hydroxyl groups excluding tert-OH is 1. The van der Waals surface area contributed by atoms with Crippen molar-refractivity contribution in [3.05, 3.63) is 59.7 Å². The smallest absolute Gasteiger partial charge is 0.146 e. The van der Waals surface area contributed by atoms with Crippen molar-refractivity contribution in [2.45, 2.75) is 19.4 Å². The molecule has 2 rings (SSSR count). The highest BCUT2D eigenvalue weighted by atomic mass is 19.1. The lowest BCUT2D eigenvalue weighted by molar-refractivity contribution is 0.199. The SMILES string of the molecule is CC(O)c1ccc(N(C)CCc2ccccn2)c(F)c1. The second-order valence-corrected chi connectivity index (χ2v) is 4.88. The average molecular weight is 274 g/mol. The first-order valence-corrected chi connectivity index (χ1v) is 6.66. The van der Waals surface area contributed by atoms with Crippen molar-refractivity contribution in [1.29, 1.82) is 0 Å². The Morgan fingerprint density at radius 3 is 2.70 bits per heavy atom. The number of likely N-dealkylation sites (N-methyl/N-ethyl adjacent to an activating group) is 1. The van der Waals surface area contributed by atoms with Gasteiger partial charge in [0, 0.05) is 31.9 Å². The van der Waals surface area contributed by atoms with Crippen LogP contribution in [-0.2, 0) is 6.42 Å². The predicted molar refractivity (Wildman–Crippen MR) is 78.2 cm³/mol. The molecule has 0 aliphatic carbocycles. The minimum absolute atomic E-state index is 0.313. The van der Waals surface area contributed by atoms with Gasteiger partial charge in [0.05, 0.1) is 11.8 Å². The summed E-state index contributed by atoms with van der Waals surface area (Å²) in [7, 11) is 1.85. The zero-order valence-corrected chi connectivity index (χ0v) is 11.8. The van der Waals surface area contributed by atoms with Crippen molar-refractivity contribution >= 4 is 5.69 Å². The molecular formula is C16H19FN2O. The Morgan fingerprint density at radius 1 is 1.30 bits per heavy atom. The van der Waals surface area contributed by atoms with E-state index in [4.69, 9.17) is 0 Å². The highest BCUT2D eigenvalue weighted by Gasteiger charge is 2.10. The maximum absolute atomic E-state index is 14.0. The van der Waals surface area contributed by atoms with Gasteiger partial charge >= 0.3 is 0 Å². The summed E-state index contributed by atoms with van der Waals surface area (Å²) in [6.07, 6.45) is 1.86. The molecule has 0 spiro atoms. The molecule has 106 valence electrons. The van der Waals surface area contributed by atoms with Crippen LogP contribution in [0.1, 0.15) is 24.3 Å². The summed E-state index contributed by atoms with van der Waals surface area (Å²) in [5.74, 6) is -0.313. The standard InChI is InChI=1S/C16H19FN2O/c1-12(20)13-6-7-16(15(17)11-13)19(2)10-8-14-5-3-4-9-18-14/h3-7,9,11-12,20H,8,10H2,1-2H3. The Hall–Kier alpha value is -1.94. The van der Waals surface area contributed by atoms with Gasteiger partial charge in [0.25, 0.3) is 0 Å². The van der Waals surface area contributed by atoms with Gasteiger partial charge < -0.3 is 10.0 Å². The van der Waals surface area contributed by atoms with E-state index in [-0.39, 0.29) is 5.82 Å². The van der Waals surface area contributed by atoms with E-state index in [0.717, 1.165) is 12.1 Å². The lowest BCUT2D eigenvalue weighted by Crippen LogP contribution is -2.21. The van der Waals surface area contributed by atoms with Crippen LogP contribution >= 0.6 is 0 Å². The molecule has 1 atom stereocenters. The topological polar surface area (TPSA) is 36.4 Å². The van der Waals surface area contributed by atoms with Gasteiger partial charge in [0.1, 0.15) is 5.82 Å². The monoisotopic (exact) mass is 274 g/mol. The van der Waals surface area contributed by atoms with Crippen LogP contribution in [0.25, 0.3) is 0 Å². The quantitative estimate of drug-likeness (QED) is 0.910. The highest BCUT2D eigenvalue weighted by Crippen LogP contribution is 2.22. The maximum Gasteiger partial charge on any atom is 0.146 e. The minimum atomic E-state index is -0.655. The summed E-state index contributed by atoms with van der Waals surface area (Å²) in [4.78, 5) is 6.11. The van der Waals surface area contributed by atoms with Crippen LogP contribution in [0.3, 0.4) is 0 Å². The molecule has 4 heteroatoms. The average Bonchev–Trinajstić information content (AvgIpc) is 2.45. The Labute approximate surface area is 118 Å². The number of benzene rings is 1. The summed E-state index contributed by atoms with van der Waals surface area (Å²) in [6, 6.07) is 10.6. The van der Waals surface area contributed by atoms with E-state index in [2.05, 4.69) is 4.98 Å². The van der Waals surface area contributed by atoms with E-state index in [9.17, 15) is 9.50 Å². The Balaban J connectivity index is 2.04. The van der Waals surface area contributed by atoms with Gasteiger partial charge in [-0.05, 0) is 36.8 Å². The van der Waals surface area contributed by atoms with E-state index in [1.165, 1.54) is 6.07 Å². The maximum atomic E-state index is 14.0. The molecule has 0 amide bonds. The van der Waals surface area contributed by atoms with Crippen molar-refractivity contribution < 1.29 is 9.50 Å². The molecule has 0 fully saturated rings. The third kappa shape index (κ3) is 3.54. The second-order valence-electron chi connectivity index (χ2n) is 4.88. The number of hydrogen-bond donors (Lipinski definition) is 1. The summed E-state index contributed by atoms with van der Waals surface area (Å²) in [6.45, 7) is 2.31. The van der Waals surface area contributed by atoms with Crippen LogP contribution in [-0.4, -0.2) is 23.7 Å². The van der Waals surface area contributed by atoms with E-state index in [1.54, 1.807) is 25.3 Å². The summed E-state index contributed by atoms with van der Waals surface area (Å²) in [5.41, 5.74) is 2.11. The normalized spacial score (nSPS) is 12.2. The first-order chi connectivity index (χ1) is 9.58. The van der Waals surface area contributed by atoms with Crippen molar-refractivity contribution in [1.82, 2.24) is 4.98 Å². The molecule has 2 aromatic rings. The molecule has 0 aliphatic rings. The fourth-order valence-corrected chi connectivity index (χ4v) is 2.04. The van der Waals surface area contributed by atoms with Gasteiger partial charge in [-0.3, -0.25) is 4.98 Å².